The van der Waals surface area contributed by atoms with Crippen LogP contribution in [-0.2, 0) is 12.7 Å². The molecule has 0 aliphatic rings. The van der Waals surface area contributed by atoms with E-state index in [9.17, 15) is 13.2 Å². The van der Waals surface area contributed by atoms with Crippen molar-refractivity contribution in [2.45, 2.75) is 17.9 Å². The predicted molar refractivity (Wildman–Crippen MR) is 91.0 cm³/mol. The number of hydrogen-bond acceptors (Lipinski definition) is 6. The van der Waals surface area contributed by atoms with Crippen molar-refractivity contribution in [3.05, 3.63) is 42.0 Å². The van der Waals surface area contributed by atoms with Gasteiger partial charge in [-0.25, -0.2) is 14.5 Å². The van der Waals surface area contributed by atoms with Crippen LogP contribution in [-0.4, -0.2) is 35.8 Å². The molecule has 0 saturated heterocycles. The summed E-state index contributed by atoms with van der Waals surface area (Å²) in [6.07, 6.45) is -2.12. The molecule has 0 aliphatic carbocycles. The molecule has 3 aromatic heterocycles. The lowest BCUT2D eigenvalue weighted by Crippen LogP contribution is -2.13. The highest BCUT2D eigenvalue weighted by molar-refractivity contribution is 7.98. The second-order valence-electron chi connectivity index (χ2n) is 5.38. The summed E-state index contributed by atoms with van der Waals surface area (Å²) in [5.41, 5.74) is 0.743. The van der Waals surface area contributed by atoms with Gasteiger partial charge in [0.1, 0.15) is 5.82 Å². The summed E-state index contributed by atoms with van der Waals surface area (Å²) in [4.78, 5) is 15.6. The first kappa shape index (κ1) is 16.6. The largest absolute Gasteiger partial charge is 0.435 e. The van der Waals surface area contributed by atoms with Gasteiger partial charge in [-0.2, -0.15) is 18.2 Å². The molecular weight excluding hydrogens is 367 g/mol. The third kappa shape index (κ3) is 2.94. The van der Waals surface area contributed by atoms with E-state index in [1.807, 2.05) is 24.3 Å². The number of nitrogens with one attached hydrogen (secondary N) is 2. The standard InChI is InChI=1S/C15H12F3N7S/c1-26-14-23-12(13-20-6-10(15(16,17)18)25(13)24-14)19-7-11-21-8-4-2-3-5-9(8)22-11/h2-6H,7H2,1H3,(H,21,22)(H,19,23,24). The predicted octanol–water partition coefficient (Wildman–Crippen LogP) is 3.35. The maximum atomic E-state index is 13.1. The number of fused-ring (bicyclic) bond motifs is 2. The lowest BCUT2D eigenvalue weighted by atomic mass is 10.3. The summed E-state index contributed by atoms with van der Waals surface area (Å²) in [7, 11) is 0. The molecule has 2 N–H and O–H groups in total. The van der Waals surface area contributed by atoms with Gasteiger partial charge in [-0.3, -0.25) is 0 Å². The average Bonchev–Trinajstić information content (AvgIpc) is 3.22. The van der Waals surface area contributed by atoms with E-state index in [2.05, 4.69) is 30.4 Å². The van der Waals surface area contributed by atoms with E-state index >= 15 is 0 Å². The minimum absolute atomic E-state index is 0.00577. The zero-order chi connectivity index (χ0) is 18.3. The van der Waals surface area contributed by atoms with Crippen LogP contribution >= 0.6 is 11.8 Å². The Morgan fingerprint density at radius 3 is 2.77 bits per heavy atom. The van der Waals surface area contributed by atoms with E-state index in [4.69, 9.17) is 0 Å². The minimum atomic E-state index is -4.56. The highest BCUT2D eigenvalue weighted by atomic mass is 32.2. The van der Waals surface area contributed by atoms with Gasteiger partial charge in [0.15, 0.2) is 17.2 Å². The summed E-state index contributed by atoms with van der Waals surface area (Å²) in [5.74, 6) is 0.844. The highest BCUT2D eigenvalue weighted by Gasteiger charge is 2.36. The second-order valence-corrected chi connectivity index (χ2v) is 6.15. The molecule has 0 bridgehead atoms. The van der Waals surface area contributed by atoms with Crippen molar-refractivity contribution in [3.63, 3.8) is 0 Å². The van der Waals surface area contributed by atoms with Crippen molar-refractivity contribution < 1.29 is 13.2 Å². The SMILES string of the molecule is CSc1nc(NCc2nc3ccccc3[nH]2)c2ncc(C(F)(F)F)n2n1. The fourth-order valence-corrected chi connectivity index (χ4v) is 2.86. The number of halogens is 3. The van der Waals surface area contributed by atoms with Crippen molar-refractivity contribution in [2.75, 3.05) is 11.6 Å². The number of alkyl halides is 3. The van der Waals surface area contributed by atoms with Gasteiger partial charge in [-0.05, 0) is 18.4 Å². The molecule has 26 heavy (non-hydrogen) atoms. The normalized spacial score (nSPS) is 12.2. The van der Waals surface area contributed by atoms with Crippen LogP contribution in [0.1, 0.15) is 11.5 Å². The van der Waals surface area contributed by atoms with E-state index in [0.29, 0.717) is 5.82 Å². The van der Waals surface area contributed by atoms with Crippen molar-refractivity contribution in [1.82, 2.24) is 29.5 Å². The highest BCUT2D eigenvalue weighted by Crippen LogP contribution is 2.31. The van der Waals surface area contributed by atoms with Crippen LogP contribution in [0.5, 0.6) is 0 Å². The van der Waals surface area contributed by atoms with Crippen LogP contribution in [0.4, 0.5) is 19.0 Å². The first-order valence-electron chi connectivity index (χ1n) is 7.50. The Labute approximate surface area is 149 Å². The number of hydrogen-bond donors (Lipinski definition) is 2. The topological polar surface area (TPSA) is 83.8 Å². The van der Waals surface area contributed by atoms with E-state index in [1.54, 1.807) is 6.26 Å². The molecule has 0 radical (unpaired) electrons. The van der Waals surface area contributed by atoms with Gasteiger partial charge in [0.25, 0.3) is 0 Å². The van der Waals surface area contributed by atoms with Crippen molar-refractivity contribution in [1.29, 1.82) is 0 Å². The Hall–Kier alpha value is -2.82. The molecule has 0 saturated carbocycles. The number of nitrogens with zero attached hydrogens (tertiary/aromatic N) is 5. The zero-order valence-electron chi connectivity index (χ0n) is 13.4. The Kier molecular flexibility index (Phi) is 3.94. The van der Waals surface area contributed by atoms with Gasteiger partial charge < -0.3 is 10.3 Å². The monoisotopic (exact) mass is 379 g/mol. The molecule has 134 valence electrons. The molecule has 7 nitrogen and oxygen atoms in total. The van der Waals surface area contributed by atoms with Crippen LogP contribution in [0.2, 0.25) is 0 Å². The van der Waals surface area contributed by atoms with Crippen LogP contribution in [0.25, 0.3) is 16.7 Å². The first-order chi connectivity index (χ1) is 12.5. The second kappa shape index (κ2) is 6.16. The molecule has 4 aromatic rings. The molecule has 0 spiro atoms. The van der Waals surface area contributed by atoms with Crippen LogP contribution in [0.3, 0.4) is 0 Å². The average molecular weight is 379 g/mol. The molecule has 1 aromatic carbocycles. The maximum absolute atomic E-state index is 13.1. The summed E-state index contributed by atoms with van der Waals surface area (Å²) >= 11 is 1.14. The van der Waals surface area contributed by atoms with Gasteiger partial charge in [0.2, 0.25) is 5.16 Å². The summed E-state index contributed by atoms with van der Waals surface area (Å²) in [6.45, 7) is 0.253. The third-order valence-electron chi connectivity index (χ3n) is 3.68. The molecule has 0 fully saturated rings. The number of aromatic nitrogens is 6. The number of imidazole rings is 2. The number of anilines is 1. The molecular formula is C15H12F3N7S. The van der Waals surface area contributed by atoms with E-state index < -0.39 is 11.9 Å². The van der Waals surface area contributed by atoms with E-state index in [-0.39, 0.29) is 23.2 Å². The molecule has 4 rings (SSSR count). The number of aromatic amines is 1. The van der Waals surface area contributed by atoms with Crippen LogP contribution in [0.15, 0.2) is 35.6 Å². The number of H-pyrrole nitrogens is 1. The van der Waals surface area contributed by atoms with Crippen molar-refractivity contribution in [3.8, 4) is 0 Å². The molecule has 0 atom stereocenters. The summed E-state index contributed by atoms with van der Waals surface area (Å²) in [5, 5.41) is 7.09. The van der Waals surface area contributed by atoms with Gasteiger partial charge in [-0.15, -0.1) is 5.10 Å². The molecule has 3 heterocycles. The third-order valence-corrected chi connectivity index (χ3v) is 4.22. The van der Waals surface area contributed by atoms with Gasteiger partial charge in [0.05, 0.1) is 23.8 Å². The number of benzene rings is 1. The van der Waals surface area contributed by atoms with Gasteiger partial charge in [0, 0.05) is 0 Å². The fourth-order valence-electron chi connectivity index (χ4n) is 2.52. The number of thioether (sulfide) groups is 1. The van der Waals surface area contributed by atoms with Crippen molar-refractivity contribution in [2.24, 2.45) is 0 Å². The number of rotatable bonds is 4. The fraction of sp³-hybridized carbons (Fsp3) is 0.200. The Balaban J connectivity index is 1.70. The van der Waals surface area contributed by atoms with Crippen molar-refractivity contribution >= 4 is 34.3 Å². The van der Waals surface area contributed by atoms with Gasteiger partial charge >= 0.3 is 6.18 Å². The summed E-state index contributed by atoms with van der Waals surface area (Å²) < 4.78 is 40.1. The molecule has 0 aliphatic heterocycles. The Morgan fingerprint density at radius 1 is 1.23 bits per heavy atom. The minimum Gasteiger partial charge on any atom is -0.360 e. The lowest BCUT2D eigenvalue weighted by Gasteiger charge is -2.09. The molecule has 0 unspecified atom stereocenters. The zero-order valence-corrected chi connectivity index (χ0v) is 14.2. The molecule has 11 heteroatoms. The molecule has 0 amide bonds. The first-order valence-corrected chi connectivity index (χ1v) is 8.72. The van der Waals surface area contributed by atoms with E-state index in [0.717, 1.165) is 33.5 Å². The lowest BCUT2D eigenvalue weighted by molar-refractivity contribution is -0.142. The quantitative estimate of drug-likeness (QED) is 0.529. The smallest absolute Gasteiger partial charge is 0.360 e. The van der Waals surface area contributed by atoms with E-state index in [1.165, 1.54) is 0 Å². The maximum Gasteiger partial charge on any atom is 0.435 e. The Bertz CT molecular complexity index is 1050. The number of para-hydroxylation sites is 2. The Morgan fingerprint density at radius 2 is 2.04 bits per heavy atom. The van der Waals surface area contributed by atoms with Gasteiger partial charge in [-0.1, -0.05) is 23.9 Å². The van der Waals surface area contributed by atoms with Crippen LogP contribution in [0, 0.1) is 0 Å². The van der Waals surface area contributed by atoms with Crippen LogP contribution < -0.4 is 5.32 Å². The summed E-state index contributed by atoms with van der Waals surface area (Å²) in [6, 6.07) is 7.53.